The van der Waals surface area contributed by atoms with E-state index in [1.165, 1.54) is 18.0 Å². The molecule has 0 spiro atoms. The van der Waals surface area contributed by atoms with Gasteiger partial charge in [-0.1, -0.05) is 31.5 Å². The molecule has 132 valence electrons. The number of fused-ring (bicyclic) bond motifs is 1. The van der Waals surface area contributed by atoms with Gasteiger partial charge in [-0.05, 0) is 32.3 Å². The average molecular weight is 358 g/mol. The second kappa shape index (κ2) is 7.19. The number of thioether (sulfide) groups is 1. The second-order valence-electron chi connectivity index (χ2n) is 5.82. The third-order valence-corrected chi connectivity index (χ3v) is 5.69. The Balaban J connectivity index is 2.60. The Morgan fingerprint density at radius 1 is 1.29 bits per heavy atom. The normalized spacial score (nSPS) is 20.4. The van der Waals surface area contributed by atoms with Crippen LogP contribution in [0.1, 0.15) is 25.3 Å². The molecule has 1 heterocycles. The van der Waals surface area contributed by atoms with Gasteiger partial charge in [-0.3, -0.25) is 9.69 Å². The lowest BCUT2D eigenvalue weighted by atomic mass is 9.90. The number of carbonyl (C=O) groups excluding carboxylic acids is 1. The Labute approximate surface area is 144 Å². The van der Waals surface area contributed by atoms with Crippen molar-refractivity contribution in [2.24, 2.45) is 0 Å². The highest BCUT2D eigenvalue weighted by Gasteiger charge is 2.52. The number of Topliss-reactive ketones (excluding diaryl/α,β-unsaturated/α-hetero) is 1. The smallest absolute Gasteiger partial charge is 0.361 e. The van der Waals surface area contributed by atoms with E-state index < -0.39 is 16.8 Å². The SMILES string of the molecule is CCCCSC1(N(C)C)C(C(=O)C(F)(F)F)=CNc2ccccc21. The average Bonchev–Trinajstić information content (AvgIpc) is 2.53. The first-order valence-electron chi connectivity index (χ1n) is 7.74. The largest absolute Gasteiger partial charge is 0.454 e. The van der Waals surface area contributed by atoms with Crippen molar-refractivity contribution in [3.63, 3.8) is 0 Å². The number of nitrogens with zero attached hydrogens (tertiary/aromatic N) is 1. The van der Waals surface area contributed by atoms with Crippen molar-refractivity contribution in [1.82, 2.24) is 4.90 Å². The first kappa shape index (κ1) is 18.9. The van der Waals surface area contributed by atoms with Crippen LogP contribution < -0.4 is 5.32 Å². The van der Waals surface area contributed by atoms with Crippen molar-refractivity contribution in [3.05, 3.63) is 41.6 Å². The molecule has 0 aromatic heterocycles. The Bertz CT molecular complexity index is 643. The number of carbonyl (C=O) groups is 1. The molecule has 1 N–H and O–H groups in total. The summed E-state index contributed by atoms with van der Waals surface area (Å²) in [6.07, 6.45) is -1.91. The Kier molecular flexibility index (Phi) is 5.65. The van der Waals surface area contributed by atoms with E-state index in [1.807, 2.05) is 13.0 Å². The van der Waals surface area contributed by atoms with Gasteiger partial charge >= 0.3 is 6.18 Å². The van der Waals surface area contributed by atoms with Gasteiger partial charge < -0.3 is 5.32 Å². The fourth-order valence-corrected chi connectivity index (χ4v) is 4.43. The summed E-state index contributed by atoms with van der Waals surface area (Å²) < 4.78 is 39.5. The summed E-state index contributed by atoms with van der Waals surface area (Å²) in [5.41, 5.74) is 1.11. The van der Waals surface area contributed by atoms with Gasteiger partial charge in [-0.25, -0.2) is 0 Å². The van der Waals surface area contributed by atoms with E-state index in [-0.39, 0.29) is 5.57 Å². The molecule has 0 saturated carbocycles. The maximum absolute atomic E-state index is 13.2. The van der Waals surface area contributed by atoms with Gasteiger partial charge in [0.25, 0.3) is 5.78 Å². The van der Waals surface area contributed by atoms with Crippen molar-refractivity contribution in [1.29, 1.82) is 0 Å². The van der Waals surface area contributed by atoms with Crippen molar-refractivity contribution in [2.45, 2.75) is 30.8 Å². The molecule has 0 bridgehead atoms. The Morgan fingerprint density at radius 2 is 1.96 bits per heavy atom. The molecule has 0 fully saturated rings. The van der Waals surface area contributed by atoms with Crippen LogP contribution in [-0.4, -0.2) is 36.7 Å². The van der Waals surface area contributed by atoms with E-state index in [0.717, 1.165) is 12.8 Å². The van der Waals surface area contributed by atoms with Gasteiger partial charge in [-0.15, -0.1) is 11.8 Å². The number of anilines is 1. The standard InChI is InChI=1S/C17H21F3N2OS/c1-4-5-10-24-16(22(2)3)12-8-6-7-9-14(12)21-11-13(16)15(23)17(18,19)20/h6-9,11,21H,4-5,10H2,1-3H3. The molecule has 0 saturated heterocycles. The number of rotatable bonds is 6. The third kappa shape index (κ3) is 3.32. The minimum absolute atomic E-state index is 0.278. The molecule has 2 rings (SSSR count). The lowest BCUT2D eigenvalue weighted by Gasteiger charge is -2.44. The van der Waals surface area contributed by atoms with Gasteiger partial charge in [-0.2, -0.15) is 13.2 Å². The van der Waals surface area contributed by atoms with Crippen molar-refractivity contribution in [2.75, 3.05) is 25.2 Å². The fourth-order valence-electron chi connectivity index (χ4n) is 2.80. The van der Waals surface area contributed by atoms with Gasteiger partial charge in [0.05, 0.1) is 5.57 Å². The van der Waals surface area contributed by atoms with E-state index in [4.69, 9.17) is 0 Å². The highest BCUT2D eigenvalue weighted by atomic mass is 32.2. The van der Waals surface area contributed by atoms with E-state index >= 15 is 0 Å². The van der Waals surface area contributed by atoms with Crippen LogP contribution in [0, 0.1) is 0 Å². The molecule has 0 aliphatic carbocycles. The summed E-state index contributed by atoms with van der Waals surface area (Å²) in [6, 6.07) is 7.17. The molecule has 3 nitrogen and oxygen atoms in total. The predicted octanol–water partition coefficient (Wildman–Crippen LogP) is 4.38. The number of unbranched alkanes of at least 4 members (excludes halogenated alkanes) is 1. The van der Waals surface area contributed by atoms with Crippen LogP contribution in [0.4, 0.5) is 18.9 Å². The first-order valence-corrected chi connectivity index (χ1v) is 8.73. The number of hydrogen-bond acceptors (Lipinski definition) is 4. The van der Waals surface area contributed by atoms with E-state index in [1.54, 1.807) is 37.2 Å². The molecule has 1 aliphatic rings. The minimum Gasteiger partial charge on any atom is -0.361 e. The molecular weight excluding hydrogens is 337 g/mol. The van der Waals surface area contributed by atoms with Gasteiger partial charge in [0.1, 0.15) is 4.87 Å². The molecular formula is C17H21F3N2OS. The first-order chi connectivity index (χ1) is 11.2. The maximum atomic E-state index is 13.2. The molecule has 1 aromatic rings. The van der Waals surface area contributed by atoms with Gasteiger partial charge in [0.2, 0.25) is 0 Å². The number of hydrogen-bond donors (Lipinski definition) is 1. The Hall–Kier alpha value is -1.47. The van der Waals surface area contributed by atoms with Crippen LogP contribution >= 0.6 is 11.8 Å². The minimum atomic E-state index is -4.91. The van der Waals surface area contributed by atoms with Gasteiger partial charge in [0, 0.05) is 17.5 Å². The number of para-hydroxylation sites is 1. The van der Waals surface area contributed by atoms with Crippen molar-refractivity contribution < 1.29 is 18.0 Å². The molecule has 1 unspecified atom stereocenters. The van der Waals surface area contributed by atoms with E-state index in [0.29, 0.717) is 17.0 Å². The quantitative estimate of drug-likeness (QED) is 0.604. The zero-order valence-electron chi connectivity index (χ0n) is 13.9. The van der Waals surface area contributed by atoms with Gasteiger partial charge in [0.15, 0.2) is 0 Å². The summed E-state index contributed by atoms with van der Waals surface area (Å²) >= 11 is 1.37. The number of alkyl halides is 3. The number of benzene rings is 1. The van der Waals surface area contributed by atoms with Crippen LogP contribution in [0.2, 0.25) is 0 Å². The van der Waals surface area contributed by atoms with E-state index in [9.17, 15) is 18.0 Å². The lowest BCUT2D eigenvalue weighted by Crippen LogP contribution is -2.47. The summed E-state index contributed by atoms with van der Waals surface area (Å²) in [6.45, 7) is 2.02. The predicted molar refractivity (Wildman–Crippen MR) is 91.9 cm³/mol. The lowest BCUT2D eigenvalue weighted by molar-refractivity contribution is -0.167. The van der Waals surface area contributed by atoms with Crippen LogP contribution in [0.15, 0.2) is 36.0 Å². The zero-order chi connectivity index (χ0) is 18.0. The highest BCUT2D eigenvalue weighted by molar-refractivity contribution is 8.00. The number of likely N-dealkylation sites (N-methyl/N-ethyl adjacent to an activating group) is 1. The maximum Gasteiger partial charge on any atom is 0.454 e. The van der Waals surface area contributed by atoms with Crippen molar-refractivity contribution in [3.8, 4) is 0 Å². The summed E-state index contributed by atoms with van der Waals surface area (Å²) in [5.74, 6) is -1.15. The number of ketones is 1. The summed E-state index contributed by atoms with van der Waals surface area (Å²) in [5, 5.41) is 2.84. The van der Waals surface area contributed by atoms with Crippen LogP contribution in [-0.2, 0) is 9.67 Å². The summed E-state index contributed by atoms with van der Waals surface area (Å²) in [4.78, 5) is 12.6. The van der Waals surface area contributed by atoms with E-state index in [2.05, 4.69) is 5.32 Å². The monoisotopic (exact) mass is 358 g/mol. The molecule has 0 radical (unpaired) electrons. The summed E-state index contributed by atoms with van der Waals surface area (Å²) in [7, 11) is 3.41. The second-order valence-corrected chi connectivity index (χ2v) is 7.10. The molecule has 0 amide bonds. The number of halogens is 3. The Morgan fingerprint density at radius 3 is 2.54 bits per heavy atom. The molecule has 1 aliphatic heterocycles. The molecule has 1 atom stereocenters. The molecule has 1 aromatic carbocycles. The van der Waals surface area contributed by atoms with Crippen LogP contribution in [0.3, 0.4) is 0 Å². The van der Waals surface area contributed by atoms with Crippen molar-refractivity contribution >= 4 is 23.2 Å². The number of nitrogens with one attached hydrogen (secondary N) is 1. The van der Waals surface area contributed by atoms with Crippen LogP contribution in [0.25, 0.3) is 0 Å². The highest BCUT2D eigenvalue weighted by Crippen LogP contribution is 2.51. The fraction of sp³-hybridized carbons (Fsp3) is 0.471. The zero-order valence-corrected chi connectivity index (χ0v) is 14.7. The van der Waals surface area contributed by atoms with Crippen LogP contribution in [0.5, 0.6) is 0 Å². The topological polar surface area (TPSA) is 32.3 Å². The molecule has 24 heavy (non-hydrogen) atoms. The third-order valence-electron chi connectivity index (χ3n) is 3.97. The molecule has 7 heteroatoms.